The number of hydrogen-bond acceptors (Lipinski definition) is 5. The summed E-state index contributed by atoms with van der Waals surface area (Å²) in [6, 6.07) is 12.3. The van der Waals surface area contributed by atoms with Crippen LogP contribution in [0.15, 0.2) is 47.6 Å². The highest BCUT2D eigenvalue weighted by atomic mass is 16.5. The van der Waals surface area contributed by atoms with E-state index in [1.54, 1.807) is 37.4 Å². The molecule has 0 atom stereocenters. The van der Waals surface area contributed by atoms with Crippen LogP contribution in [0, 0.1) is 0 Å². The van der Waals surface area contributed by atoms with Crippen molar-refractivity contribution in [3.8, 4) is 11.5 Å². The molecule has 0 heterocycles. The maximum absolute atomic E-state index is 12.3. The second kappa shape index (κ2) is 8.73. The maximum atomic E-state index is 12.3. The molecule has 0 unspecified atom stereocenters. The fourth-order valence-corrected chi connectivity index (χ4v) is 2.13. The summed E-state index contributed by atoms with van der Waals surface area (Å²) in [6.45, 7) is 4.43. The minimum absolute atomic E-state index is 0.324. The van der Waals surface area contributed by atoms with E-state index in [2.05, 4.69) is 10.5 Å². The molecule has 0 aliphatic carbocycles. The molecule has 2 rings (SSSR count). The molecule has 1 amide bonds. The number of carbonyl (C=O) groups excluding carboxylic acids is 1. The third-order valence-electron chi connectivity index (χ3n) is 3.54. The summed E-state index contributed by atoms with van der Waals surface area (Å²) in [7, 11) is 1.54. The molecule has 0 spiro atoms. The quantitative estimate of drug-likeness (QED) is 0.460. The van der Waals surface area contributed by atoms with Gasteiger partial charge in [-0.25, -0.2) is 5.43 Å². The van der Waals surface area contributed by atoms with Crippen molar-refractivity contribution in [2.45, 2.75) is 20.3 Å². The summed E-state index contributed by atoms with van der Waals surface area (Å²) in [5.41, 5.74) is 10.9. The Labute approximate surface area is 147 Å². The number of hydrogen-bond donors (Lipinski definition) is 2. The van der Waals surface area contributed by atoms with Crippen LogP contribution in [0.1, 0.15) is 36.2 Å². The summed E-state index contributed by atoms with van der Waals surface area (Å²) in [5.74, 6) is 0.804. The number of nitrogen functional groups attached to an aromatic ring is 1. The average molecular weight is 341 g/mol. The lowest BCUT2D eigenvalue weighted by Crippen LogP contribution is -2.19. The first-order valence-corrected chi connectivity index (χ1v) is 8.06. The van der Waals surface area contributed by atoms with Gasteiger partial charge in [0.15, 0.2) is 11.5 Å². The van der Waals surface area contributed by atoms with Crippen molar-refractivity contribution >= 4 is 17.3 Å². The number of methoxy groups -OCH3 is 1. The Balaban J connectivity index is 2.09. The van der Waals surface area contributed by atoms with Crippen LogP contribution in [0.5, 0.6) is 11.5 Å². The van der Waals surface area contributed by atoms with Gasteiger partial charge in [0, 0.05) is 11.3 Å². The fraction of sp³-hybridized carbons (Fsp3) is 0.263. The van der Waals surface area contributed by atoms with Crippen molar-refractivity contribution in [3.63, 3.8) is 0 Å². The van der Waals surface area contributed by atoms with Gasteiger partial charge in [0.1, 0.15) is 0 Å². The van der Waals surface area contributed by atoms with Gasteiger partial charge in [-0.2, -0.15) is 5.10 Å². The number of ether oxygens (including phenoxy) is 2. The summed E-state index contributed by atoms with van der Waals surface area (Å²) in [6.07, 6.45) is 0.893. The Morgan fingerprint density at radius 1 is 1.12 bits per heavy atom. The molecular weight excluding hydrogens is 318 g/mol. The molecule has 25 heavy (non-hydrogen) atoms. The van der Waals surface area contributed by atoms with Crippen LogP contribution in [0.2, 0.25) is 0 Å². The van der Waals surface area contributed by atoms with Crippen LogP contribution in [-0.2, 0) is 0 Å². The number of anilines is 1. The number of rotatable bonds is 7. The van der Waals surface area contributed by atoms with E-state index in [9.17, 15) is 4.79 Å². The molecule has 0 aliphatic heterocycles. The van der Waals surface area contributed by atoms with Gasteiger partial charge in [-0.15, -0.1) is 0 Å². The summed E-state index contributed by atoms with van der Waals surface area (Å²) >= 11 is 0. The molecule has 2 aromatic rings. The summed E-state index contributed by atoms with van der Waals surface area (Å²) in [5, 5.41) is 4.13. The fourth-order valence-electron chi connectivity index (χ4n) is 2.13. The molecule has 0 aliphatic rings. The highest BCUT2D eigenvalue weighted by Crippen LogP contribution is 2.28. The first kappa shape index (κ1) is 18.3. The van der Waals surface area contributed by atoms with Gasteiger partial charge in [-0.3, -0.25) is 4.79 Å². The zero-order valence-electron chi connectivity index (χ0n) is 14.7. The molecule has 0 saturated heterocycles. The van der Waals surface area contributed by atoms with Crippen LogP contribution in [0.3, 0.4) is 0 Å². The number of carbonyl (C=O) groups is 1. The standard InChI is InChI=1S/C19H23N3O3/c1-4-11-25-17-10-7-15(12-18(17)24-3)19(23)22-21-13(2)14-5-8-16(20)9-6-14/h5-10,12H,4,11,20H2,1-3H3,(H,22,23)/b21-13-. The van der Waals surface area contributed by atoms with E-state index in [0.29, 0.717) is 35.1 Å². The molecule has 0 fully saturated rings. The predicted molar refractivity (Wildman–Crippen MR) is 99.3 cm³/mol. The van der Waals surface area contributed by atoms with Gasteiger partial charge >= 0.3 is 0 Å². The van der Waals surface area contributed by atoms with E-state index in [1.807, 2.05) is 26.0 Å². The molecule has 6 nitrogen and oxygen atoms in total. The highest BCUT2D eigenvalue weighted by Gasteiger charge is 2.11. The minimum atomic E-state index is -0.324. The van der Waals surface area contributed by atoms with Gasteiger partial charge in [-0.05, 0) is 49.2 Å². The van der Waals surface area contributed by atoms with Crippen molar-refractivity contribution in [1.82, 2.24) is 5.43 Å². The van der Waals surface area contributed by atoms with E-state index in [0.717, 1.165) is 12.0 Å². The second-order valence-corrected chi connectivity index (χ2v) is 5.47. The number of hydrazone groups is 1. The number of nitrogens with one attached hydrogen (secondary N) is 1. The Morgan fingerprint density at radius 2 is 1.80 bits per heavy atom. The van der Waals surface area contributed by atoms with Crippen molar-refractivity contribution < 1.29 is 14.3 Å². The van der Waals surface area contributed by atoms with E-state index < -0.39 is 0 Å². The van der Waals surface area contributed by atoms with Crippen molar-refractivity contribution in [1.29, 1.82) is 0 Å². The average Bonchev–Trinajstić information content (AvgIpc) is 2.64. The topological polar surface area (TPSA) is 85.9 Å². The predicted octanol–water partition coefficient (Wildman–Crippen LogP) is 3.22. The minimum Gasteiger partial charge on any atom is -0.493 e. The second-order valence-electron chi connectivity index (χ2n) is 5.47. The zero-order chi connectivity index (χ0) is 18.2. The van der Waals surface area contributed by atoms with Crippen LogP contribution >= 0.6 is 0 Å². The van der Waals surface area contributed by atoms with Crippen LogP contribution in [0.4, 0.5) is 5.69 Å². The van der Waals surface area contributed by atoms with Crippen LogP contribution in [0.25, 0.3) is 0 Å². The smallest absolute Gasteiger partial charge is 0.271 e. The SMILES string of the molecule is CCCOc1ccc(C(=O)N/N=C(/C)c2ccc(N)cc2)cc1OC. The van der Waals surface area contributed by atoms with Gasteiger partial charge in [0.05, 0.1) is 19.4 Å². The molecule has 0 bridgehead atoms. The Morgan fingerprint density at radius 3 is 2.44 bits per heavy atom. The first-order valence-electron chi connectivity index (χ1n) is 8.06. The van der Waals surface area contributed by atoms with Gasteiger partial charge in [0.2, 0.25) is 0 Å². The molecule has 0 radical (unpaired) electrons. The third-order valence-corrected chi connectivity index (χ3v) is 3.54. The monoisotopic (exact) mass is 341 g/mol. The van der Waals surface area contributed by atoms with Crippen LogP contribution < -0.4 is 20.6 Å². The molecule has 0 aromatic heterocycles. The first-order chi connectivity index (χ1) is 12.0. The summed E-state index contributed by atoms with van der Waals surface area (Å²) in [4.78, 5) is 12.3. The summed E-state index contributed by atoms with van der Waals surface area (Å²) < 4.78 is 10.9. The molecule has 6 heteroatoms. The Bertz CT molecular complexity index is 755. The third kappa shape index (κ3) is 4.97. The molecule has 0 saturated carbocycles. The van der Waals surface area contributed by atoms with E-state index in [1.165, 1.54) is 0 Å². The number of benzene rings is 2. The Kier molecular flexibility index (Phi) is 6.39. The van der Waals surface area contributed by atoms with Gasteiger partial charge in [-0.1, -0.05) is 19.1 Å². The molecule has 132 valence electrons. The molecule has 2 aromatic carbocycles. The highest BCUT2D eigenvalue weighted by molar-refractivity contribution is 6.01. The lowest BCUT2D eigenvalue weighted by molar-refractivity contribution is 0.0954. The van der Waals surface area contributed by atoms with Gasteiger partial charge < -0.3 is 15.2 Å². The van der Waals surface area contributed by atoms with Crippen molar-refractivity contribution in [2.24, 2.45) is 5.10 Å². The lowest BCUT2D eigenvalue weighted by Gasteiger charge is -2.11. The van der Waals surface area contributed by atoms with E-state index in [-0.39, 0.29) is 5.91 Å². The number of amides is 1. The largest absolute Gasteiger partial charge is 0.493 e. The van der Waals surface area contributed by atoms with Crippen LogP contribution in [-0.4, -0.2) is 25.3 Å². The lowest BCUT2D eigenvalue weighted by atomic mass is 10.1. The normalized spacial score (nSPS) is 11.1. The number of nitrogens with zero attached hydrogens (tertiary/aromatic N) is 1. The van der Waals surface area contributed by atoms with Crippen molar-refractivity contribution in [3.05, 3.63) is 53.6 Å². The van der Waals surface area contributed by atoms with Crippen molar-refractivity contribution in [2.75, 3.05) is 19.5 Å². The molecular formula is C19H23N3O3. The van der Waals surface area contributed by atoms with E-state index >= 15 is 0 Å². The van der Waals surface area contributed by atoms with E-state index in [4.69, 9.17) is 15.2 Å². The number of nitrogens with two attached hydrogens (primary N) is 1. The maximum Gasteiger partial charge on any atom is 0.271 e. The Hall–Kier alpha value is -3.02. The van der Waals surface area contributed by atoms with Gasteiger partial charge in [0.25, 0.3) is 5.91 Å². The zero-order valence-corrected chi connectivity index (χ0v) is 14.7. The molecule has 3 N–H and O–H groups in total.